The molecular weight excluding hydrogens is 136 g/mol. The summed E-state index contributed by atoms with van der Waals surface area (Å²) in [6.45, 7) is 1.93. The summed E-state index contributed by atoms with van der Waals surface area (Å²) in [4.78, 5) is 20.7. The Balaban J connectivity index is 4.04. The third-order valence-corrected chi connectivity index (χ3v) is 0.919. The highest BCUT2D eigenvalue weighted by Gasteiger charge is 2.30. The molecule has 0 N–H and O–H groups in total. The number of amides is 1. The Labute approximate surface area is 59.1 Å². The van der Waals surface area contributed by atoms with Gasteiger partial charge in [-0.05, 0) is 6.92 Å². The molecule has 0 aliphatic carbocycles. The smallest absolute Gasteiger partial charge is 0.419 e. The lowest BCUT2D eigenvalue weighted by atomic mass is 10.8. The van der Waals surface area contributed by atoms with Crippen LogP contribution in [0.25, 0.3) is 0 Å². The average molecular weight is 147 g/mol. The van der Waals surface area contributed by atoms with Gasteiger partial charge in [-0.2, -0.15) is 4.79 Å². The van der Waals surface area contributed by atoms with E-state index in [1.54, 1.807) is 6.92 Å². The minimum atomic E-state index is -0.641. The molecule has 0 aromatic carbocycles. The Morgan fingerprint density at radius 3 is 2.40 bits per heavy atom. The number of quaternary nitrogens is 1. The number of ether oxygens (including phenoxy) is 1. The van der Waals surface area contributed by atoms with E-state index < -0.39 is 10.7 Å². The monoisotopic (exact) mass is 147 g/mol. The van der Waals surface area contributed by atoms with Crippen molar-refractivity contribution in [1.29, 1.82) is 0 Å². The first-order valence-electron chi connectivity index (χ1n) is 2.90. The molecule has 58 valence electrons. The van der Waals surface area contributed by atoms with Gasteiger partial charge >= 0.3 is 6.09 Å². The summed E-state index contributed by atoms with van der Waals surface area (Å²) in [5, 5.41) is 2.55. The third kappa shape index (κ3) is 2.10. The summed E-state index contributed by atoms with van der Waals surface area (Å²) >= 11 is 0. The molecule has 0 unspecified atom stereocenters. The van der Waals surface area contributed by atoms with E-state index in [0.717, 1.165) is 0 Å². The van der Waals surface area contributed by atoms with E-state index in [2.05, 4.69) is 10.0 Å². The van der Waals surface area contributed by atoms with E-state index in [9.17, 15) is 9.70 Å². The van der Waals surface area contributed by atoms with Crippen molar-refractivity contribution in [1.82, 2.24) is 0 Å². The van der Waals surface area contributed by atoms with Crippen molar-refractivity contribution in [2.24, 2.45) is 5.29 Å². The van der Waals surface area contributed by atoms with Crippen molar-refractivity contribution in [3.8, 4) is 0 Å². The van der Waals surface area contributed by atoms with E-state index >= 15 is 0 Å². The fourth-order valence-corrected chi connectivity index (χ4v) is 0.315. The lowest BCUT2D eigenvalue weighted by molar-refractivity contribution is -0.825. The van der Waals surface area contributed by atoms with Crippen LogP contribution in [0.15, 0.2) is 5.29 Å². The van der Waals surface area contributed by atoms with E-state index in [-0.39, 0.29) is 6.61 Å². The van der Waals surface area contributed by atoms with Crippen LogP contribution in [0, 0.1) is 4.91 Å². The van der Waals surface area contributed by atoms with Crippen molar-refractivity contribution < 1.29 is 14.1 Å². The lowest BCUT2D eigenvalue weighted by Crippen LogP contribution is -2.40. The second-order valence-corrected chi connectivity index (χ2v) is 2.17. The molecule has 0 rings (SSSR count). The third-order valence-electron chi connectivity index (χ3n) is 0.919. The van der Waals surface area contributed by atoms with Crippen LogP contribution in [0.2, 0.25) is 0 Å². The molecule has 0 radical (unpaired) electrons. The molecule has 0 aliphatic heterocycles. The fourth-order valence-electron chi connectivity index (χ4n) is 0.315. The predicted molar refractivity (Wildman–Crippen MR) is 34.9 cm³/mol. The minimum Gasteiger partial charge on any atom is -0.419 e. The molecule has 0 bridgehead atoms. The Hall–Kier alpha value is -0.970. The molecule has 1 amide bonds. The molecular formula is C5H11N2O3+. The van der Waals surface area contributed by atoms with Gasteiger partial charge in [0.1, 0.15) is 14.1 Å². The van der Waals surface area contributed by atoms with Crippen molar-refractivity contribution >= 4 is 6.09 Å². The topological polar surface area (TPSA) is 55.7 Å². The van der Waals surface area contributed by atoms with Crippen LogP contribution < -0.4 is 0 Å². The SMILES string of the molecule is CCOC(=O)[N+](C)(C)N=O. The van der Waals surface area contributed by atoms with Crippen LogP contribution in [0.4, 0.5) is 4.79 Å². The molecule has 0 saturated heterocycles. The molecule has 0 aromatic rings. The zero-order chi connectivity index (χ0) is 8.20. The molecule has 5 nitrogen and oxygen atoms in total. The zero-order valence-electron chi connectivity index (χ0n) is 6.33. The molecule has 0 spiro atoms. The summed E-state index contributed by atoms with van der Waals surface area (Å²) in [6.07, 6.45) is -0.641. The Morgan fingerprint density at radius 1 is 1.60 bits per heavy atom. The molecule has 0 atom stereocenters. The van der Waals surface area contributed by atoms with Gasteiger partial charge in [0.05, 0.1) is 6.61 Å². The average Bonchev–Trinajstić information content (AvgIpc) is 1.89. The van der Waals surface area contributed by atoms with Crippen molar-refractivity contribution in [2.75, 3.05) is 20.7 Å². The maximum atomic E-state index is 10.8. The number of rotatable bonds is 2. The van der Waals surface area contributed by atoms with Crippen molar-refractivity contribution in [3.63, 3.8) is 0 Å². The summed E-state index contributed by atoms with van der Waals surface area (Å²) in [6, 6.07) is 0. The van der Waals surface area contributed by atoms with Crippen LogP contribution >= 0.6 is 0 Å². The van der Waals surface area contributed by atoms with Gasteiger partial charge in [-0.15, -0.1) is 0 Å². The second kappa shape index (κ2) is 3.26. The highest BCUT2D eigenvalue weighted by molar-refractivity contribution is 5.58. The molecule has 5 heteroatoms. The van der Waals surface area contributed by atoms with Gasteiger partial charge in [-0.3, -0.25) is 0 Å². The Bertz CT molecular complexity index is 144. The summed E-state index contributed by atoms with van der Waals surface area (Å²) < 4.78 is 3.91. The van der Waals surface area contributed by atoms with Gasteiger partial charge in [0.2, 0.25) is 0 Å². The van der Waals surface area contributed by atoms with Crippen molar-refractivity contribution in [3.05, 3.63) is 4.91 Å². The Kier molecular flexibility index (Phi) is 2.95. The first-order chi connectivity index (χ1) is 4.54. The molecule has 0 aromatic heterocycles. The van der Waals surface area contributed by atoms with Gasteiger partial charge in [0, 0.05) is 0 Å². The highest BCUT2D eigenvalue weighted by Crippen LogP contribution is 2.00. The van der Waals surface area contributed by atoms with Crippen LogP contribution in [-0.4, -0.2) is 31.4 Å². The number of carbonyl (C=O) groups is 1. The maximum Gasteiger partial charge on any atom is 0.545 e. The lowest BCUT2D eigenvalue weighted by Gasteiger charge is -2.12. The van der Waals surface area contributed by atoms with Crippen LogP contribution in [0.5, 0.6) is 0 Å². The van der Waals surface area contributed by atoms with E-state index in [1.807, 2.05) is 0 Å². The Morgan fingerprint density at radius 2 is 2.10 bits per heavy atom. The normalized spacial score (nSPS) is 10.7. The van der Waals surface area contributed by atoms with Gasteiger partial charge < -0.3 is 4.74 Å². The number of nitroso groups, excluding NO2 is 1. The van der Waals surface area contributed by atoms with E-state index in [4.69, 9.17) is 0 Å². The van der Waals surface area contributed by atoms with Crippen molar-refractivity contribution in [2.45, 2.75) is 6.92 Å². The molecule has 10 heavy (non-hydrogen) atoms. The largest absolute Gasteiger partial charge is 0.545 e. The van der Waals surface area contributed by atoms with Gasteiger partial charge in [-0.1, -0.05) is 9.50 Å². The molecule has 0 saturated carbocycles. The second-order valence-electron chi connectivity index (χ2n) is 2.17. The van der Waals surface area contributed by atoms with Gasteiger partial charge in [0.15, 0.2) is 5.29 Å². The number of hydrogen-bond acceptors (Lipinski definition) is 4. The first-order valence-corrected chi connectivity index (χ1v) is 2.90. The number of carbonyl (C=O) groups excluding carboxylic acids is 1. The maximum absolute atomic E-state index is 10.8. The van der Waals surface area contributed by atoms with Crippen LogP contribution in [0.1, 0.15) is 6.92 Å². The highest BCUT2D eigenvalue weighted by atomic mass is 16.6. The predicted octanol–water partition coefficient (Wildman–Crippen LogP) is 0.901. The first kappa shape index (κ1) is 9.03. The quantitative estimate of drug-likeness (QED) is 0.331. The number of nitrogens with zero attached hydrogens (tertiary/aromatic N) is 2. The van der Waals surface area contributed by atoms with Crippen LogP contribution in [-0.2, 0) is 4.74 Å². The van der Waals surface area contributed by atoms with Crippen LogP contribution in [0.3, 0.4) is 0 Å². The molecule has 0 fully saturated rings. The van der Waals surface area contributed by atoms with Gasteiger partial charge in [-0.25, -0.2) is 0 Å². The number of hydrogen-bond donors (Lipinski definition) is 0. The zero-order valence-corrected chi connectivity index (χ0v) is 6.33. The van der Waals surface area contributed by atoms with E-state index in [1.165, 1.54) is 14.1 Å². The van der Waals surface area contributed by atoms with Gasteiger partial charge in [0.25, 0.3) is 0 Å². The molecule has 0 aliphatic rings. The fraction of sp³-hybridized carbons (Fsp3) is 0.800. The van der Waals surface area contributed by atoms with E-state index in [0.29, 0.717) is 0 Å². The standard InChI is InChI=1S/C5H11N2O3/c1-4-10-5(8)7(2,3)6-9/h4H2,1-3H3/q+1. The summed E-state index contributed by atoms with van der Waals surface area (Å²) in [7, 11) is 2.70. The molecule has 0 heterocycles. The summed E-state index contributed by atoms with van der Waals surface area (Å²) in [5.41, 5.74) is 0. The minimum absolute atomic E-state index is 0.260. The summed E-state index contributed by atoms with van der Waals surface area (Å²) in [5.74, 6) is 0.